The van der Waals surface area contributed by atoms with Crippen LogP contribution in [0.1, 0.15) is 64.9 Å². The Bertz CT molecular complexity index is 1750. The molecule has 0 bridgehead atoms. The van der Waals surface area contributed by atoms with Crippen LogP contribution in [0.15, 0.2) is 109 Å². The lowest BCUT2D eigenvalue weighted by Crippen LogP contribution is -2.10. The second-order valence-electron chi connectivity index (χ2n) is 11.7. The lowest BCUT2D eigenvalue weighted by Gasteiger charge is -2.20. The van der Waals surface area contributed by atoms with Crippen LogP contribution in [0.2, 0.25) is 0 Å². The molecule has 6 aliphatic rings. The summed E-state index contributed by atoms with van der Waals surface area (Å²) < 4.78 is 5.26. The van der Waals surface area contributed by atoms with Crippen LogP contribution in [-0.4, -0.2) is 13.1 Å². The first-order valence-electron chi connectivity index (χ1n) is 13.9. The molecular formula is C38H34O2. The monoisotopic (exact) mass is 522 g/mol. The number of carbonyl (C=O) groups excluding carboxylic acids is 1. The molecule has 1 unspecified atom stereocenters. The summed E-state index contributed by atoms with van der Waals surface area (Å²) in [5.41, 5.74) is 13.7. The topological polar surface area (TPSA) is 26.3 Å². The molecule has 0 fully saturated rings. The van der Waals surface area contributed by atoms with E-state index >= 15 is 0 Å². The molecule has 0 radical (unpaired) electrons. The molecule has 0 saturated carbocycles. The fourth-order valence-corrected chi connectivity index (χ4v) is 6.34. The molecule has 0 amide bonds. The molecule has 0 saturated heterocycles. The van der Waals surface area contributed by atoms with Gasteiger partial charge in [-0.05, 0) is 79.6 Å². The van der Waals surface area contributed by atoms with Gasteiger partial charge in [0.25, 0.3) is 0 Å². The summed E-state index contributed by atoms with van der Waals surface area (Å²) in [6, 6.07) is 38.6. The number of fused-ring (bicyclic) bond motifs is 3. The van der Waals surface area contributed by atoms with Crippen molar-refractivity contribution in [1.29, 1.82) is 0 Å². The summed E-state index contributed by atoms with van der Waals surface area (Å²) >= 11 is 0. The number of hydrogen-bond donors (Lipinski definition) is 0. The van der Waals surface area contributed by atoms with Crippen LogP contribution in [-0.2, 0) is 10.2 Å². The van der Waals surface area contributed by atoms with E-state index in [-0.39, 0.29) is 17.3 Å². The molecule has 40 heavy (non-hydrogen) atoms. The van der Waals surface area contributed by atoms with Crippen LogP contribution in [0.25, 0.3) is 33.4 Å². The van der Waals surface area contributed by atoms with Crippen LogP contribution in [0.3, 0.4) is 0 Å². The molecule has 0 aromatic rings. The smallest absolute Gasteiger partial charge is 0.338 e. The maximum absolute atomic E-state index is 13.1. The SMILES string of the molecule is COC(=O)c1cc(C(c2cc(C)c3cccccc2-3)c2cc(C(C)(C)C)c3cccccc2-3)c2cccccc1-2. The van der Waals surface area contributed by atoms with Crippen LogP contribution < -0.4 is 0 Å². The van der Waals surface area contributed by atoms with Gasteiger partial charge >= 0.3 is 5.97 Å². The van der Waals surface area contributed by atoms with E-state index in [1.165, 1.54) is 51.6 Å². The predicted octanol–water partition coefficient (Wildman–Crippen LogP) is 9.57. The van der Waals surface area contributed by atoms with Crippen molar-refractivity contribution in [3.05, 3.63) is 143 Å². The maximum atomic E-state index is 13.1. The minimum Gasteiger partial charge on any atom is -0.465 e. The quantitative estimate of drug-likeness (QED) is 0.215. The fourth-order valence-electron chi connectivity index (χ4n) is 6.34. The second kappa shape index (κ2) is 9.95. The van der Waals surface area contributed by atoms with Crippen LogP contribution in [0.4, 0.5) is 0 Å². The Morgan fingerprint density at radius 2 is 1.05 bits per heavy atom. The highest BCUT2D eigenvalue weighted by Gasteiger charge is 2.34. The normalized spacial score (nSPS) is 12.6. The first-order valence-corrected chi connectivity index (χ1v) is 13.9. The molecule has 0 N–H and O–H groups in total. The largest absolute Gasteiger partial charge is 0.465 e. The minimum absolute atomic E-state index is 0.0381. The fraction of sp³-hybridized carbons (Fsp3) is 0.184. The number of carbonyl (C=O) groups is 1. The Balaban J connectivity index is 1.74. The maximum Gasteiger partial charge on any atom is 0.338 e. The third kappa shape index (κ3) is 4.25. The average molecular weight is 523 g/mol. The number of rotatable bonds is 4. The van der Waals surface area contributed by atoms with Gasteiger partial charge in [0.1, 0.15) is 0 Å². The minimum atomic E-state index is -0.315. The molecule has 198 valence electrons. The van der Waals surface area contributed by atoms with Gasteiger partial charge in [0.15, 0.2) is 0 Å². The van der Waals surface area contributed by atoms with Crippen molar-refractivity contribution < 1.29 is 9.53 Å². The molecule has 1 atom stereocenters. The van der Waals surface area contributed by atoms with E-state index in [9.17, 15) is 4.79 Å². The molecule has 0 heterocycles. The molecule has 6 aliphatic carbocycles. The lowest BCUT2D eigenvalue weighted by atomic mass is 9.82. The van der Waals surface area contributed by atoms with Gasteiger partial charge in [-0.2, -0.15) is 0 Å². The Labute approximate surface area is 237 Å². The number of methoxy groups -OCH3 is 1. The number of hydrogen-bond acceptors (Lipinski definition) is 2. The standard InChI is InChI=1S/C38H34O2/c1-24-21-31(26-16-10-6-9-15-25(24)26)36(32-22-34(37(39)40-5)28-18-12-7-11-17-27(28)32)33-23-35(38(2,3)4)30-20-14-8-13-19-29(30)33/h6-23,36H,1-5H3. The third-order valence-corrected chi connectivity index (χ3v) is 8.17. The third-order valence-electron chi connectivity index (χ3n) is 8.17. The van der Waals surface area contributed by atoms with Crippen molar-refractivity contribution >= 4 is 5.97 Å². The van der Waals surface area contributed by atoms with Crippen molar-refractivity contribution in [2.75, 3.05) is 7.11 Å². The van der Waals surface area contributed by atoms with Gasteiger partial charge in [-0.3, -0.25) is 0 Å². The van der Waals surface area contributed by atoms with Crippen LogP contribution in [0, 0.1) is 6.92 Å². The summed E-state index contributed by atoms with van der Waals surface area (Å²) in [7, 11) is 1.45. The van der Waals surface area contributed by atoms with Gasteiger partial charge in [-0.15, -0.1) is 0 Å². The molecule has 2 nitrogen and oxygen atoms in total. The van der Waals surface area contributed by atoms with Crippen molar-refractivity contribution in [1.82, 2.24) is 0 Å². The van der Waals surface area contributed by atoms with E-state index in [0.29, 0.717) is 5.56 Å². The highest BCUT2D eigenvalue weighted by Crippen LogP contribution is 2.51. The number of ether oxygens (including phenoxy) is 1. The lowest BCUT2D eigenvalue weighted by molar-refractivity contribution is 0.0602. The van der Waals surface area contributed by atoms with Crippen LogP contribution >= 0.6 is 0 Å². The zero-order valence-electron chi connectivity index (χ0n) is 23.8. The number of esters is 1. The van der Waals surface area contributed by atoms with Gasteiger partial charge in [0, 0.05) is 5.92 Å². The molecule has 0 aliphatic heterocycles. The summed E-state index contributed by atoms with van der Waals surface area (Å²) in [4.78, 5) is 13.1. The van der Waals surface area contributed by atoms with E-state index in [2.05, 4.69) is 119 Å². The average Bonchev–Trinajstić information content (AvgIpc) is 3.28. The van der Waals surface area contributed by atoms with Crippen LogP contribution in [0.5, 0.6) is 0 Å². The van der Waals surface area contributed by atoms with Gasteiger partial charge in [-0.1, -0.05) is 124 Å². The number of aryl methyl sites for hydroxylation is 1. The second-order valence-corrected chi connectivity index (χ2v) is 11.7. The zero-order valence-corrected chi connectivity index (χ0v) is 23.8. The first-order chi connectivity index (χ1) is 19.3. The molecule has 6 rings (SSSR count). The van der Waals surface area contributed by atoms with E-state index in [1.807, 2.05) is 18.2 Å². The van der Waals surface area contributed by atoms with Gasteiger partial charge in [0.2, 0.25) is 0 Å². The zero-order chi connectivity index (χ0) is 28.0. The van der Waals surface area contributed by atoms with E-state index in [4.69, 9.17) is 4.74 Å². The highest BCUT2D eigenvalue weighted by atomic mass is 16.5. The first kappa shape index (κ1) is 25.8. The van der Waals surface area contributed by atoms with Gasteiger partial charge < -0.3 is 4.74 Å². The predicted molar refractivity (Wildman–Crippen MR) is 165 cm³/mol. The van der Waals surface area contributed by atoms with Crippen molar-refractivity contribution in [3.63, 3.8) is 0 Å². The Kier molecular flexibility index (Phi) is 6.43. The Hall–Kier alpha value is -4.43. The van der Waals surface area contributed by atoms with Gasteiger partial charge in [0.05, 0.1) is 12.7 Å². The van der Waals surface area contributed by atoms with Crippen molar-refractivity contribution in [3.8, 4) is 33.4 Å². The summed E-state index contributed by atoms with van der Waals surface area (Å²) in [5, 5.41) is 0. The molecule has 0 aromatic carbocycles. The summed E-state index contributed by atoms with van der Waals surface area (Å²) in [6.45, 7) is 9.03. The van der Waals surface area contributed by atoms with E-state index in [0.717, 1.165) is 16.7 Å². The summed E-state index contributed by atoms with van der Waals surface area (Å²) in [6.07, 6.45) is 0. The van der Waals surface area contributed by atoms with Gasteiger partial charge in [-0.25, -0.2) is 4.79 Å². The molecule has 2 heteroatoms. The molecule has 0 aromatic heterocycles. The van der Waals surface area contributed by atoms with Crippen molar-refractivity contribution in [2.45, 2.75) is 39.0 Å². The Morgan fingerprint density at radius 3 is 1.62 bits per heavy atom. The molecular weight excluding hydrogens is 488 g/mol. The van der Waals surface area contributed by atoms with E-state index < -0.39 is 0 Å². The Morgan fingerprint density at radius 1 is 0.600 bits per heavy atom. The van der Waals surface area contributed by atoms with E-state index in [1.54, 1.807) is 0 Å². The highest BCUT2D eigenvalue weighted by molar-refractivity contribution is 6.01. The summed E-state index contributed by atoms with van der Waals surface area (Å²) in [5.74, 6) is -0.409. The van der Waals surface area contributed by atoms with Crippen molar-refractivity contribution in [2.24, 2.45) is 0 Å². The molecule has 0 spiro atoms.